The number of aryl methyl sites for hydroxylation is 1. The molecule has 0 atom stereocenters. The second kappa shape index (κ2) is 3.20. The summed E-state index contributed by atoms with van der Waals surface area (Å²) in [6, 6.07) is 0. The number of hydrogen-bond acceptors (Lipinski definition) is 2. The van der Waals surface area contributed by atoms with E-state index in [0.717, 1.165) is 5.69 Å². The standard InChI is InChI=1S/C9H13N3O/c1-6-5-10-9(11-6)12-8(13)4-7-2-3-7/h5,7H,2-4H2,1H3,(H2,10,11,12,13). The molecule has 1 amide bonds. The zero-order valence-electron chi connectivity index (χ0n) is 7.63. The fourth-order valence-electron chi connectivity index (χ4n) is 1.24. The molecule has 4 heteroatoms. The molecule has 1 aromatic rings. The molecule has 4 nitrogen and oxygen atoms in total. The van der Waals surface area contributed by atoms with Crippen molar-refractivity contribution in [1.29, 1.82) is 0 Å². The van der Waals surface area contributed by atoms with Gasteiger partial charge in [-0.25, -0.2) is 4.98 Å². The third-order valence-corrected chi connectivity index (χ3v) is 2.13. The van der Waals surface area contributed by atoms with Crippen molar-refractivity contribution in [2.75, 3.05) is 5.32 Å². The lowest BCUT2D eigenvalue weighted by Gasteiger charge is -1.99. The number of amides is 1. The van der Waals surface area contributed by atoms with E-state index in [1.165, 1.54) is 12.8 Å². The molecule has 0 bridgehead atoms. The number of rotatable bonds is 3. The number of hydrogen-bond donors (Lipinski definition) is 2. The number of aromatic nitrogens is 2. The Morgan fingerprint density at radius 1 is 1.77 bits per heavy atom. The molecule has 1 saturated carbocycles. The Balaban J connectivity index is 1.85. The second-order valence-electron chi connectivity index (χ2n) is 3.61. The summed E-state index contributed by atoms with van der Waals surface area (Å²) < 4.78 is 0. The predicted molar refractivity (Wildman–Crippen MR) is 49.3 cm³/mol. The molecule has 1 aromatic heterocycles. The van der Waals surface area contributed by atoms with E-state index >= 15 is 0 Å². The smallest absolute Gasteiger partial charge is 0.226 e. The van der Waals surface area contributed by atoms with Crippen molar-refractivity contribution in [2.45, 2.75) is 26.2 Å². The van der Waals surface area contributed by atoms with Gasteiger partial charge >= 0.3 is 0 Å². The Morgan fingerprint density at radius 2 is 2.54 bits per heavy atom. The minimum atomic E-state index is 0.0665. The first-order valence-corrected chi connectivity index (χ1v) is 4.55. The van der Waals surface area contributed by atoms with Gasteiger partial charge < -0.3 is 4.98 Å². The van der Waals surface area contributed by atoms with Crippen LogP contribution in [0.15, 0.2) is 6.20 Å². The number of carbonyl (C=O) groups is 1. The molecular formula is C9H13N3O. The second-order valence-corrected chi connectivity index (χ2v) is 3.61. The van der Waals surface area contributed by atoms with Crippen molar-refractivity contribution in [3.8, 4) is 0 Å². The minimum absolute atomic E-state index is 0.0665. The summed E-state index contributed by atoms with van der Waals surface area (Å²) in [4.78, 5) is 18.3. The van der Waals surface area contributed by atoms with E-state index in [-0.39, 0.29) is 5.91 Å². The van der Waals surface area contributed by atoms with Crippen molar-refractivity contribution < 1.29 is 4.79 Å². The average molecular weight is 179 g/mol. The fourth-order valence-corrected chi connectivity index (χ4v) is 1.24. The third-order valence-electron chi connectivity index (χ3n) is 2.13. The summed E-state index contributed by atoms with van der Waals surface area (Å²) in [6.07, 6.45) is 4.74. The first-order valence-electron chi connectivity index (χ1n) is 4.55. The zero-order chi connectivity index (χ0) is 9.26. The Labute approximate surface area is 76.8 Å². The van der Waals surface area contributed by atoms with E-state index < -0.39 is 0 Å². The number of aromatic amines is 1. The van der Waals surface area contributed by atoms with Crippen LogP contribution in [0.25, 0.3) is 0 Å². The Morgan fingerprint density at radius 3 is 3.08 bits per heavy atom. The molecule has 2 rings (SSSR count). The van der Waals surface area contributed by atoms with Gasteiger partial charge in [0, 0.05) is 18.3 Å². The molecule has 70 valence electrons. The van der Waals surface area contributed by atoms with Crippen LogP contribution in [0.2, 0.25) is 0 Å². The van der Waals surface area contributed by atoms with Gasteiger partial charge in [0.1, 0.15) is 0 Å². The van der Waals surface area contributed by atoms with Crippen LogP contribution in [0.1, 0.15) is 25.0 Å². The highest BCUT2D eigenvalue weighted by molar-refractivity contribution is 5.89. The van der Waals surface area contributed by atoms with Crippen LogP contribution in [0.3, 0.4) is 0 Å². The summed E-state index contributed by atoms with van der Waals surface area (Å²) in [6.45, 7) is 1.91. The van der Waals surface area contributed by atoms with Gasteiger partial charge in [0.25, 0.3) is 0 Å². The van der Waals surface area contributed by atoms with Crippen LogP contribution >= 0.6 is 0 Å². The molecule has 2 N–H and O–H groups in total. The topological polar surface area (TPSA) is 57.8 Å². The predicted octanol–water partition coefficient (Wildman–Crippen LogP) is 1.46. The first-order chi connectivity index (χ1) is 6.24. The number of nitrogens with zero attached hydrogens (tertiary/aromatic N) is 1. The van der Waals surface area contributed by atoms with Crippen LogP contribution in [-0.2, 0) is 4.79 Å². The minimum Gasteiger partial charge on any atom is -0.328 e. The molecule has 13 heavy (non-hydrogen) atoms. The van der Waals surface area contributed by atoms with E-state index in [4.69, 9.17) is 0 Å². The van der Waals surface area contributed by atoms with Gasteiger partial charge in [0.2, 0.25) is 11.9 Å². The largest absolute Gasteiger partial charge is 0.328 e. The summed E-state index contributed by atoms with van der Waals surface area (Å²) in [5.41, 5.74) is 0.960. The molecular weight excluding hydrogens is 166 g/mol. The number of anilines is 1. The van der Waals surface area contributed by atoms with Crippen LogP contribution in [0, 0.1) is 12.8 Å². The lowest BCUT2D eigenvalue weighted by molar-refractivity contribution is -0.116. The van der Waals surface area contributed by atoms with Gasteiger partial charge in [-0.1, -0.05) is 0 Å². The van der Waals surface area contributed by atoms with Gasteiger partial charge in [-0.3, -0.25) is 10.1 Å². The highest BCUT2D eigenvalue weighted by Gasteiger charge is 2.24. The Kier molecular flexibility index (Phi) is 2.04. The van der Waals surface area contributed by atoms with E-state index in [2.05, 4.69) is 15.3 Å². The average Bonchev–Trinajstić information content (AvgIpc) is 2.76. The van der Waals surface area contributed by atoms with Gasteiger partial charge in [0.15, 0.2) is 0 Å². The third kappa shape index (κ3) is 2.31. The Hall–Kier alpha value is -1.32. The Bertz CT molecular complexity index is 314. The SMILES string of the molecule is Cc1cnc(NC(=O)CC2CC2)[nH]1. The number of carbonyl (C=O) groups excluding carboxylic acids is 1. The zero-order valence-corrected chi connectivity index (χ0v) is 7.63. The highest BCUT2D eigenvalue weighted by atomic mass is 16.1. The summed E-state index contributed by atoms with van der Waals surface area (Å²) in [5.74, 6) is 1.25. The molecule has 1 aliphatic carbocycles. The number of H-pyrrole nitrogens is 1. The fraction of sp³-hybridized carbons (Fsp3) is 0.556. The van der Waals surface area contributed by atoms with Crippen LogP contribution in [0.5, 0.6) is 0 Å². The summed E-state index contributed by atoms with van der Waals surface area (Å²) in [7, 11) is 0. The van der Waals surface area contributed by atoms with Gasteiger partial charge in [0.05, 0.1) is 0 Å². The molecule has 0 aliphatic heterocycles. The van der Waals surface area contributed by atoms with Crippen LogP contribution < -0.4 is 5.32 Å². The maximum Gasteiger partial charge on any atom is 0.226 e. The van der Waals surface area contributed by atoms with Crippen molar-refractivity contribution in [2.24, 2.45) is 5.92 Å². The quantitative estimate of drug-likeness (QED) is 0.738. The van der Waals surface area contributed by atoms with Gasteiger partial charge in [-0.2, -0.15) is 0 Å². The molecule has 0 aromatic carbocycles. The molecule has 0 spiro atoms. The lowest BCUT2D eigenvalue weighted by atomic mass is 10.3. The van der Waals surface area contributed by atoms with E-state index in [1.54, 1.807) is 6.20 Å². The monoisotopic (exact) mass is 179 g/mol. The molecule has 1 heterocycles. The molecule has 0 unspecified atom stereocenters. The molecule has 1 fully saturated rings. The molecule has 0 radical (unpaired) electrons. The van der Waals surface area contributed by atoms with Gasteiger partial charge in [-0.05, 0) is 25.7 Å². The van der Waals surface area contributed by atoms with Crippen molar-refractivity contribution in [3.63, 3.8) is 0 Å². The van der Waals surface area contributed by atoms with Crippen molar-refractivity contribution in [3.05, 3.63) is 11.9 Å². The van der Waals surface area contributed by atoms with Gasteiger partial charge in [-0.15, -0.1) is 0 Å². The number of nitrogens with one attached hydrogen (secondary N) is 2. The lowest BCUT2D eigenvalue weighted by Crippen LogP contribution is -2.12. The molecule has 1 aliphatic rings. The van der Waals surface area contributed by atoms with E-state index in [0.29, 0.717) is 18.3 Å². The summed E-state index contributed by atoms with van der Waals surface area (Å²) >= 11 is 0. The van der Waals surface area contributed by atoms with E-state index in [9.17, 15) is 4.79 Å². The summed E-state index contributed by atoms with van der Waals surface area (Å²) in [5, 5.41) is 2.73. The maximum atomic E-state index is 11.3. The normalized spacial score (nSPS) is 15.8. The maximum absolute atomic E-state index is 11.3. The number of imidazole rings is 1. The van der Waals surface area contributed by atoms with Crippen molar-refractivity contribution >= 4 is 11.9 Å². The highest BCUT2D eigenvalue weighted by Crippen LogP contribution is 2.32. The van der Waals surface area contributed by atoms with E-state index in [1.807, 2.05) is 6.92 Å². The van der Waals surface area contributed by atoms with Crippen LogP contribution in [0.4, 0.5) is 5.95 Å². The van der Waals surface area contributed by atoms with Crippen molar-refractivity contribution in [1.82, 2.24) is 9.97 Å². The molecule has 0 saturated heterocycles. The first kappa shape index (κ1) is 8.29. The van der Waals surface area contributed by atoms with Crippen LogP contribution in [-0.4, -0.2) is 15.9 Å².